The van der Waals surface area contributed by atoms with Crippen LogP contribution in [-0.4, -0.2) is 34.0 Å². The number of thioether (sulfide) groups is 1. The Hall–Kier alpha value is -2.68. The van der Waals surface area contributed by atoms with Crippen molar-refractivity contribution in [3.05, 3.63) is 53.4 Å². The van der Waals surface area contributed by atoms with Gasteiger partial charge in [0.25, 0.3) is 5.91 Å². The lowest BCUT2D eigenvalue weighted by Gasteiger charge is -2.36. The number of benzene rings is 1. The zero-order valence-corrected chi connectivity index (χ0v) is 15.5. The van der Waals surface area contributed by atoms with Crippen molar-refractivity contribution in [2.24, 2.45) is 4.99 Å². The van der Waals surface area contributed by atoms with E-state index in [4.69, 9.17) is 0 Å². The lowest BCUT2D eigenvalue weighted by molar-refractivity contribution is 0.101. The second-order valence-electron chi connectivity index (χ2n) is 6.26. The van der Waals surface area contributed by atoms with Gasteiger partial charge in [0.15, 0.2) is 16.7 Å². The maximum absolute atomic E-state index is 14.5. The number of aromatic nitrogens is 1. The molecule has 6 nitrogen and oxygen atoms in total. The Morgan fingerprint density at radius 3 is 2.85 bits per heavy atom. The first-order chi connectivity index (χ1) is 12.8. The largest absolute Gasteiger partial charge is 0.506 e. The summed E-state index contributed by atoms with van der Waals surface area (Å²) in [6.45, 7) is 1.86. The highest BCUT2D eigenvalue weighted by atomic mass is 32.2. The van der Waals surface area contributed by atoms with Crippen LogP contribution in [0.5, 0.6) is 5.75 Å². The molecular formula is C18H18F2N4O2S. The van der Waals surface area contributed by atoms with Crippen LogP contribution in [0.2, 0.25) is 0 Å². The van der Waals surface area contributed by atoms with E-state index in [9.17, 15) is 18.7 Å². The number of rotatable bonds is 3. The molecule has 27 heavy (non-hydrogen) atoms. The van der Waals surface area contributed by atoms with E-state index in [-0.39, 0.29) is 5.75 Å². The lowest BCUT2D eigenvalue weighted by Crippen LogP contribution is -2.46. The van der Waals surface area contributed by atoms with E-state index >= 15 is 0 Å². The number of amidine groups is 1. The summed E-state index contributed by atoms with van der Waals surface area (Å²) in [5.74, 6) is -1.76. The molecule has 3 rings (SSSR count). The van der Waals surface area contributed by atoms with E-state index in [1.807, 2.05) is 6.92 Å². The molecule has 3 N–H and O–H groups in total. The van der Waals surface area contributed by atoms with Crippen LogP contribution in [0.4, 0.5) is 14.5 Å². The van der Waals surface area contributed by atoms with E-state index in [2.05, 4.69) is 20.6 Å². The third-order valence-electron chi connectivity index (χ3n) is 4.29. The second kappa shape index (κ2) is 7.51. The molecule has 0 bridgehead atoms. The summed E-state index contributed by atoms with van der Waals surface area (Å²) in [6.07, 6.45) is 1.64. The number of aliphatic imine (C=N–C) groups is 1. The maximum atomic E-state index is 14.5. The van der Waals surface area contributed by atoms with Gasteiger partial charge in [0.1, 0.15) is 11.6 Å². The number of hydrogen-bond acceptors (Lipinski definition) is 5. The Morgan fingerprint density at radius 2 is 2.15 bits per heavy atom. The van der Waals surface area contributed by atoms with Gasteiger partial charge in [0.05, 0.1) is 11.7 Å². The van der Waals surface area contributed by atoms with Crippen molar-refractivity contribution in [3.63, 3.8) is 0 Å². The molecule has 1 aromatic carbocycles. The summed E-state index contributed by atoms with van der Waals surface area (Å²) in [5, 5.41) is 15.7. The molecule has 0 spiro atoms. The normalized spacial score (nSPS) is 21.0. The average molecular weight is 392 g/mol. The third-order valence-corrected chi connectivity index (χ3v) is 5.25. The Kier molecular flexibility index (Phi) is 5.31. The van der Waals surface area contributed by atoms with Crippen LogP contribution < -0.4 is 10.6 Å². The van der Waals surface area contributed by atoms with Gasteiger partial charge in [-0.05, 0) is 31.5 Å². The van der Waals surface area contributed by atoms with Gasteiger partial charge in [-0.15, -0.1) is 0 Å². The second-order valence-corrected chi connectivity index (χ2v) is 7.34. The molecule has 1 saturated heterocycles. The van der Waals surface area contributed by atoms with Crippen molar-refractivity contribution in [3.8, 4) is 5.75 Å². The van der Waals surface area contributed by atoms with Crippen LogP contribution in [0.3, 0.4) is 0 Å². The summed E-state index contributed by atoms with van der Waals surface area (Å²) in [5.41, 5.74) is -0.465. The van der Waals surface area contributed by atoms with Gasteiger partial charge in [-0.25, -0.2) is 13.8 Å². The minimum Gasteiger partial charge on any atom is -0.506 e. The smallest absolute Gasteiger partial charge is 0.277 e. The van der Waals surface area contributed by atoms with Gasteiger partial charge < -0.3 is 15.7 Å². The molecule has 2 aromatic rings. The number of amides is 1. The number of nitrogens with zero attached hydrogens (tertiary/aromatic N) is 2. The first kappa shape index (κ1) is 19.1. The molecule has 1 amide bonds. The molecule has 1 aliphatic rings. The number of hydrogen-bond donors (Lipinski definition) is 3. The monoisotopic (exact) mass is 392 g/mol. The average Bonchev–Trinajstić information content (AvgIpc) is 2.63. The number of anilines is 1. The minimum absolute atomic E-state index is 0.307. The lowest BCUT2D eigenvalue weighted by atomic mass is 9.88. The van der Waals surface area contributed by atoms with Crippen LogP contribution >= 0.6 is 11.8 Å². The highest BCUT2D eigenvalue weighted by molar-refractivity contribution is 8.13. The van der Waals surface area contributed by atoms with Gasteiger partial charge in [-0.2, -0.15) is 0 Å². The SMILES string of the molecule is CN=C1NC(C)(c2cc(NC(=O)c3ncc(O)cc3F)ccc2F)CCS1. The standard InChI is InChI=1S/C18H18F2N4O2S/c1-18(5-6-27-17(21-2)24-18)12-7-10(3-4-13(12)19)23-16(26)15-14(20)8-11(25)9-22-15/h3-4,7-9,25H,5-6H2,1-2H3,(H,21,24)(H,23,26). The molecule has 142 valence electrons. The van der Waals surface area contributed by atoms with Crippen molar-refractivity contribution in [1.29, 1.82) is 0 Å². The summed E-state index contributed by atoms with van der Waals surface area (Å²) in [6, 6.07) is 4.96. The molecule has 1 unspecified atom stereocenters. The molecule has 0 saturated carbocycles. The first-order valence-electron chi connectivity index (χ1n) is 8.16. The molecule has 0 radical (unpaired) electrons. The fourth-order valence-corrected chi connectivity index (χ4v) is 3.95. The van der Waals surface area contributed by atoms with E-state index in [1.165, 1.54) is 18.2 Å². The maximum Gasteiger partial charge on any atom is 0.277 e. The Balaban J connectivity index is 1.88. The molecule has 0 aliphatic carbocycles. The molecule has 9 heteroatoms. The number of carbonyl (C=O) groups excluding carboxylic acids is 1. The number of aromatic hydroxyl groups is 1. The Labute approximate surface area is 159 Å². The van der Waals surface area contributed by atoms with E-state index in [1.54, 1.807) is 18.8 Å². The van der Waals surface area contributed by atoms with Gasteiger partial charge in [0.2, 0.25) is 0 Å². The van der Waals surface area contributed by atoms with Gasteiger partial charge in [-0.3, -0.25) is 9.79 Å². The molecule has 1 aliphatic heterocycles. The molecule has 1 fully saturated rings. The number of nitrogens with one attached hydrogen (secondary N) is 2. The predicted octanol–water partition coefficient (Wildman–Crippen LogP) is 3.25. The van der Waals surface area contributed by atoms with E-state index < -0.39 is 28.8 Å². The summed E-state index contributed by atoms with van der Waals surface area (Å²) in [7, 11) is 1.66. The van der Waals surface area contributed by atoms with Crippen LogP contribution in [0, 0.1) is 11.6 Å². The summed E-state index contributed by atoms with van der Waals surface area (Å²) < 4.78 is 28.3. The van der Waals surface area contributed by atoms with E-state index in [0.29, 0.717) is 22.8 Å². The van der Waals surface area contributed by atoms with Crippen molar-refractivity contribution < 1.29 is 18.7 Å². The number of halogens is 2. The summed E-state index contributed by atoms with van der Waals surface area (Å²) >= 11 is 1.56. The Bertz CT molecular complexity index is 922. The highest BCUT2D eigenvalue weighted by Gasteiger charge is 2.34. The minimum atomic E-state index is -0.948. The fourth-order valence-electron chi connectivity index (χ4n) is 2.82. The molecule has 2 heterocycles. The highest BCUT2D eigenvalue weighted by Crippen LogP contribution is 2.34. The third kappa shape index (κ3) is 4.02. The van der Waals surface area contributed by atoms with Gasteiger partial charge in [-0.1, -0.05) is 11.8 Å². The van der Waals surface area contributed by atoms with Crippen molar-refractivity contribution >= 4 is 28.5 Å². The molecule has 1 atom stereocenters. The van der Waals surface area contributed by atoms with Crippen molar-refractivity contribution in [1.82, 2.24) is 10.3 Å². The fraction of sp³-hybridized carbons (Fsp3) is 0.278. The quantitative estimate of drug-likeness (QED) is 0.747. The van der Waals surface area contributed by atoms with Crippen LogP contribution in [-0.2, 0) is 5.54 Å². The van der Waals surface area contributed by atoms with Crippen LogP contribution in [0.1, 0.15) is 29.4 Å². The zero-order valence-electron chi connectivity index (χ0n) is 14.7. The predicted molar refractivity (Wildman–Crippen MR) is 101 cm³/mol. The van der Waals surface area contributed by atoms with Crippen LogP contribution in [0.15, 0.2) is 35.5 Å². The zero-order chi connectivity index (χ0) is 19.6. The van der Waals surface area contributed by atoms with Crippen LogP contribution in [0.25, 0.3) is 0 Å². The molecular weight excluding hydrogens is 374 g/mol. The summed E-state index contributed by atoms with van der Waals surface area (Å²) in [4.78, 5) is 20.0. The number of pyridine rings is 1. The van der Waals surface area contributed by atoms with Gasteiger partial charge >= 0.3 is 0 Å². The Morgan fingerprint density at radius 1 is 1.37 bits per heavy atom. The van der Waals surface area contributed by atoms with Crippen molar-refractivity contribution in [2.75, 3.05) is 18.1 Å². The van der Waals surface area contributed by atoms with Gasteiger partial charge in [0, 0.05) is 30.1 Å². The first-order valence-corrected chi connectivity index (χ1v) is 9.14. The van der Waals surface area contributed by atoms with E-state index in [0.717, 1.165) is 18.0 Å². The van der Waals surface area contributed by atoms with Crippen molar-refractivity contribution in [2.45, 2.75) is 18.9 Å². The topological polar surface area (TPSA) is 86.6 Å². The number of carbonyl (C=O) groups is 1. The molecule has 1 aromatic heterocycles.